The molecule has 1 aliphatic heterocycles. The molecule has 0 bridgehead atoms. The third kappa shape index (κ3) is 6.65. The molecule has 0 saturated carbocycles. The fourth-order valence-corrected chi connectivity index (χ4v) is 3.20. The van der Waals surface area contributed by atoms with Crippen LogP contribution in [-0.4, -0.2) is 61.3 Å². The molecule has 0 amide bonds. The Kier molecular flexibility index (Phi) is 6.85. The van der Waals surface area contributed by atoms with Gasteiger partial charge in [-0.3, -0.25) is 0 Å². The zero-order valence-corrected chi connectivity index (χ0v) is 12.6. The number of rotatable bonds is 6. The minimum Gasteiger partial charge on any atom is -0.383 e. The first-order valence-corrected chi connectivity index (χ1v) is 7.61. The second-order valence-corrected chi connectivity index (χ2v) is 7.31. The van der Waals surface area contributed by atoms with Gasteiger partial charge in [-0.25, -0.2) is 0 Å². The van der Waals surface area contributed by atoms with E-state index in [-0.39, 0.29) is 0 Å². The van der Waals surface area contributed by atoms with Crippen LogP contribution in [0.2, 0.25) is 0 Å². The van der Waals surface area contributed by atoms with E-state index in [1.807, 2.05) is 0 Å². The Morgan fingerprint density at radius 2 is 2.18 bits per heavy atom. The lowest BCUT2D eigenvalue weighted by Crippen LogP contribution is -2.38. The number of ether oxygens (including phenoxy) is 1. The number of methoxy groups -OCH3 is 1. The molecule has 1 unspecified atom stereocenters. The molecule has 1 saturated heterocycles. The van der Waals surface area contributed by atoms with Crippen molar-refractivity contribution in [2.75, 3.05) is 45.6 Å². The molecule has 0 aromatic rings. The highest BCUT2D eigenvalue weighted by Crippen LogP contribution is 2.30. The summed E-state index contributed by atoms with van der Waals surface area (Å²) in [4.78, 5) is 2.58. The van der Waals surface area contributed by atoms with E-state index in [0.717, 1.165) is 19.7 Å². The van der Waals surface area contributed by atoms with Gasteiger partial charge in [-0.15, -0.1) is 0 Å². The van der Waals surface area contributed by atoms with Gasteiger partial charge in [-0.2, -0.15) is 11.8 Å². The maximum atomic E-state index is 5.11. The summed E-state index contributed by atoms with van der Waals surface area (Å²) in [5, 5.41) is 3.50. The van der Waals surface area contributed by atoms with Crippen LogP contribution in [0.15, 0.2) is 0 Å². The zero-order chi connectivity index (χ0) is 12.7. The van der Waals surface area contributed by atoms with Crippen LogP contribution in [-0.2, 0) is 4.74 Å². The first kappa shape index (κ1) is 15.3. The molecule has 0 aliphatic carbocycles. The minimum absolute atomic E-state index is 0.456. The largest absolute Gasteiger partial charge is 0.383 e. The molecule has 0 aromatic carbocycles. The first-order valence-electron chi connectivity index (χ1n) is 6.62. The van der Waals surface area contributed by atoms with E-state index in [1.54, 1.807) is 7.11 Å². The smallest absolute Gasteiger partial charge is 0.0613 e. The summed E-state index contributed by atoms with van der Waals surface area (Å²) < 4.78 is 5.58. The highest BCUT2D eigenvalue weighted by molar-refractivity contribution is 8.00. The van der Waals surface area contributed by atoms with E-state index >= 15 is 0 Å². The van der Waals surface area contributed by atoms with Crippen molar-refractivity contribution in [1.29, 1.82) is 0 Å². The average Bonchev–Trinajstić information content (AvgIpc) is 2.41. The quantitative estimate of drug-likeness (QED) is 0.787. The summed E-state index contributed by atoms with van der Waals surface area (Å²) in [5.41, 5.74) is 0. The lowest BCUT2D eigenvalue weighted by Gasteiger charge is -2.23. The van der Waals surface area contributed by atoms with Crippen LogP contribution in [0.1, 0.15) is 27.2 Å². The van der Waals surface area contributed by atoms with Crippen LogP contribution in [0.5, 0.6) is 0 Å². The molecule has 0 aromatic heterocycles. The van der Waals surface area contributed by atoms with Gasteiger partial charge < -0.3 is 15.0 Å². The summed E-state index contributed by atoms with van der Waals surface area (Å²) in [6, 6.07) is 0.456. The van der Waals surface area contributed by atoms with Gasteiger partial charge in [-0.05, 0) is 19.9 Å². The minimum atomic E-state index is 0.456. The van der Waals surface area contributed by atoms with E-state index in [0.29, 0.717) is 10.8 Å². The SMILES string of the molecule is COCC(C)NCCN1CCSC(C)(C)CC1. The Morgan fingerprint density at radius 3 is 2.88 bits per heavy atom. The Bertz CT molecular complexity index is 212. The Hall–Kier alpha value is 0.230. The van der Waals surface area contributed by atoms with Gasteiger partial charge in [0.2, 0.25) is 0 Å². The van der Waals surface area contributed by atoms with Crippen LogP contribution < -0.4 is 5.32 Å². The molecule has 102 valence electrons. The Labute approximate surface area is 111 Å². The summed E-state index contributed by atoms with van der Waals surface area (Å²) in [6.07, 6.45) is 1.30. The van der Waals surface area contributed by atoms with E-state index in [2.05, 4.69) is 42.7 Å². The Balaban J connectivity index is 2.15. The summed E-state index contributed by atoms with van der Waals surface area (Å²) >= 11 is 2.11. The molecule has 1 aliphatic rings. The van der Waals surface area contributed by atoms with Crippen molar-refractivity contribution in [1.82, 2.24) is 10.2 Å². The lowest BCUT2D eigenvalue weighted by molar-refractivity contribution is 0.169. The molecule has 1 rings (SSSR count). The summed E-state index contributed by atoms with van der Waals surface area (Å²) in [5.74, 6) is 1.26. The van der Waals surface area contributed by atoms with Crippen molar-refractivity contribution in [2.24, 2.45) is 0 Å². The lowest BCUT2D eigenvalue weighted by atomic mass is 10.1. The standard InChI is InChI=1S/C13H28N2OS/c1-12(11-16-4)14-6-8-15-7-5-13(2,3)17-10-9-15/h12,14H,5-11H2,1-4H3. The molecule has 4 heteroatoms. The molecule has 1 atom stereocenters. The monoisotopic (exact) mass is 260 g/mol. The Morgan fingerprint density at radius 1 is 1.41 bits per heavy atom. The fourth-order valence-electron chi connectivity index (χ4n) is 2.06. The van der Waals surface area contributed by atoms with Gasteiger partial charge in [0.05, 0.1) is 6.61 Å². The predicted octanol–water partition coefficient (Wildman–Crippen LogP) is 1.83. The topological polar surface area (TPSA) is 24.5 Å². The molecular weight excluding hydrogens is 232 g/mol. The van der Waals surface area contributed by atoms with Crippen molar-refractivity contribution in [3.05, 3.63) is 0 Å². The van der Waals surface area contributed by atoms with Crippen molar-refractivity contribution >= 4 is 11.8 Å². The number of hydrogen-bond acceptors (Lipinski definition) is 4. The predicted molar refractivity (Wildman–Crippen MR) is 76.9 cm³/mol. The average molecular weight is 260 g/mol. The van der Waals surface area contributed by atoms with Gasteiger partial charge in [0.15, 0.2) is 0 Å². The van der Waals surface area contributed by atoms with E-state index in [1.165, 1.54) is 25.3 Å². The van der Waals surface area contributed by atoms with E-state index < -0.39 is 0 Å². The molecule has 1 N–H and O–H groups in total. The molecule has 17 heavy (non-hydrogen) atoms. The second kappa shape index (κ2) is 7.62. The number of hydrogen-bond donors (Lipinski definition) is 1. The molecular formula is C13H28N2OS. The molecule has 3 nitrogen and oxygen atoms in total. The number of nitrogens with one attached hydrogen (secondary N) is 1. The van der Waals surface area contributed by atoms with Gasteiger partial charge in [0, 0.05) is 43.3 Å². The summed E-state index contributed by atoms with van der Waals surface area (Å²) in [6.45, 7) is 12.4. The third-order valence-corrected chi connectivity index (χ3v) is 4.64. The van der Waals surface area contributed by atoms with E-state index in [4.69, 9.17) is 4.74 Å². The fraction of sp³-hybridized carbons (Fsp3) is 1.00. The van der Waals surface area contributed by atoms with Gasteiger partial charge in [-0.1, -0.05) is 13.8 Å². The molecule has 1 heterocycles. The summed E-state index contributed by atoms with van der Waals surface area (Å²) in [7, 11) is 1.76. The number of nitrogens with zero attached hydrogens (tertiary/aromatic N) is 1. The van der Waals surface area contributed by atoms with Crippen molar-refractivity contribution in [3.63, 3.8) is 0 Å². The van der Waals surface area contributed by atoms with Crippen LogP contribution in [0.3, 0.4) is 0 Å². The first-order chi connectivity index (χ1) is 8.03. The van der Waals surface area contributed by atoms with Gasteiger partial charge in [0.1, 0.15) is 0 Å². The zero-order valence-electron chi connectivity index (χ0n) is 11.8. The highest BCUT2D eigenvalue weighted by atomic mass is 32.2. The van der Waals surface area contributed by atoms with Crippen molar-refractivity contribution in [3.8, 4) is 0 Å². The van der Waals surface area contributed by atoms with Crippen LogP contribution in [0.25, 0.3) is 0 Å². The normalized spacial score (nSPS) is 23.3. The maximum absolute atomic E-state index is 5.11. The molecule has 0 radical (unpaired) electrons. The van der Waals surface area contributed by atoms with Crippen LogP contribution in [0.4, 0.5) is 0 Å². The van der Waals surface area contributed by atoms with E-state index in [9.17, 15) is 0 Å². The van der Waals surface area contributed by atoms with Gasteiger partial charge >= 0.3 is 0 Å². The van der Waals surface area contributed by atoms with Crippen LogP contribution >= 0.6 is 11.8 Å². The van der Waals surface area contributed by atoms with Gasteiger partial charge in [0.25, 0.3) is 0 Å². The number of thioether (sulfide) groups is 1. The highest BCUT2D eigenvalue weighted by Gasteiger charge is 2.23. The van der Waals surface area contributed by atoms with Crippen molar-refractivity contribution < 1.29 is 4.74 Å². The molecule has 0 spiro atoms. The molecule has 1 fully saturated rings. The maximum Gasteiger partial charge on any atom is 0.0613 e. The second-order valence-electron chi connectivity index (χ2n) is 5.51. The van der Waals surface area contributed by atoms with Crippen LogP contribution in [0, 0.1) is 0 Å². The third-order valence-electron chi connectivity index (χ3n) is 3.27. The van der Waals surface area contributed by atoms with Crippen molar-refractivity contribution in [2.45, 2.75) is 38.0 Å².